The van der Waals surface area contributed by atoms with Crippen LogP contribution in [-0.4, -0.2) is 23.2 Å². The highest BCUT2D eigenvalue weighted by atomic mass is 19.1. The number of aliphatic hydroxyl groups is 1. The highest BCUT2D eigenvalue weighted by Gasteiger charge is 2.25. The summed E-state index contributed by atoms with van der Waals surface area (Å²) in [5, 5.41) is 22.5. The maximum atomic E-state index is 13.7. The van der Waals surface area contributed by atoms with Gasteiger partial charge in [-0.15, -0.1) is 0 Å². The topological polar surface area (TPSA) is 75.4 Å². The molecule has 1 aromatic rings. The number of non-ortho nitro benzene ring substituents is 1. The molecule has 0 bridgehead atoms. The van der Waals surface area contributed by atoms with Crippen LogP contribution in [0.3, 0.4) is 0 Å². The van der Waals surface area contributed by atoms with Gasteiger partial charge < -0.3 is 10.4 Å². The number of rotatable bonds is 5. The van der Waals surface area contributed by atoms with Crippen LogP contribution < -0.4 is 5.32 Å². The van der Waals surface area contributed by atoms with E-state index < -0.39 is 22.2 Å². The van der Waals surface area contributed by atoms with Crippen molar-refractivity contribution in [3.05, 3.63) is 33.9 Å². The first kappa shape index (κ1) is 15.6. The summed E-state index contributed by atoms with van der Waals surface area (Å²) in [6, 6.07) is 1.41. The Kier molecular flexibility index (Phi) is 5.06. The standard InChI is InChI=1S/C14H18F2N2O3/c15-12-5-11(18(20)21)6-13(16)14(12)17-7-9-3-1-2-4-10(9)8-19/h5-6,9-10,17,19H,1-4,7-8H2. The zero-order valence-corrected chi connectivity index (χ0v) is 11.5. The monoisotopic (exact) mass is 300 g/mol. The Bertz CT molecular complexity index is 502. The molecule has 0 heterocycles. The van der Waals surface area contributed by atoms with E-state index in [0.29, 0.717) is 18.7 Å². The molecule has 1 aliphatic rings. The van der Waals surface area contributed by atoms with E-state index >= 15 is 0 Å². The summed E-state index contributed by atoms with van der Waals surface area (Å²) >= 11 is 0. The van der Waals surface area contributed by atoms with Crippen LogP contribution in [0.5, 0.6) is 0 Å². The van der Waals surface area contributed by atoms with Gasteiger partial charge in [0.05, 0.1) is 17.1 Å². The number of hydrogen-bond acceptors (Lipinski definition) is 4. The minimum Gasteiger partial charge on any atom is -0.396 e. The number of halogens is 2. The molecule has 0 aromatic heterocycles. The Morgan fingerprint density at radius 2 is 1.81 bits per heavy atom. The van der Waals surface area contributed by atoms with Crippen molar-refractivity contribution in [2.75, 3.05) is 18.5 Å². The molecule has 2 atom stereocenters. The first-order chi connectivity index (χ1) is 10.0. The van der Waals surface area contributed by atoms with Crippen molar-refractivity contribution in [2.45, 2.75) is 25.7 Å². The predicted molar refractivity (Wildman–Crippen MR) is 74.0 cm³/mol. The molecule has 0 amide bonds. The van der Waals surface area contributed by atoms with E-state index in [2.05, 4.69) is 5.32 Å². The number of nitro benzene ring substituents is 1. The van der Waals surface area contributed by atoms with Gasteiger partial charge in [-0.1, -0.05) is 12.8 Å². The lowest BCUT2D eigenvalue weighted by Crippen LogP contribution is -2.29. The molecule has 21 heavy (non-hydrogen) atoms. The Morgan fingerprint density at radius 3 is 2.33 bits per heavy atom. The van der Waals surface area contributed by atoms with Crippen LogP contribution >= 0.6 is 0 Å². The Morgan fingerprint density at radius 1 is 1.24 bits per heavy atom. The maximum absolute atomic E-state index is 13.7. The molecule has 1 saturated carbocycles. The van der Waals surface area contributed by atoms with Gasteiger partial charge in [-0.3, -0.25) is 10.1 Å². The van der Waals surface area contributed by atoms with Crippen molar-refractivity contribution < 1.29 is 18.8 Å². The van der Waals surface area contributed by atoms with Gasteiger partial charge in [0.2, 0.25) is 0 Å². The van der Waals surface area contributed by atoms with E-state index in [-0.39, 0.29) is 24.1 Å². The average Bonchev–Trinajstić information content (AvgIpc) is 2.46. The van der Waals surface area contributed by atoms with Gasteiger partial charge in [0.25, 0.3) is 5.69 Å². The van der Waals surface area contributed by atoms with Gasteiger partial charge in [-0.05, 0) is 24.7 Å². The summed E-state index contributed by atoms with van der Waals surface area (Å²) in [4.78, 5) is 9.69. The summed E-state index contributed by atoms with van der Waals surface area (Å²) in [6.07, 6.45) is 3.90. The third kappa shape index (κ3) is 3.66. The second kappa shape index (κ2) is 6.80. The first-order valence-electron chi connectivity index (χ1n) is 7.01. The number of benzene rings is 1. The van der Waals surface area contributed by atoms with Crippen molar-refractivity contribution >= 4 is 11.4 Å². The van der Waals surface area contributed by atoms with Crippen molar-refractivity contribution in [2.24, 2.45) is 11.8 Å². The molecule has 116 valence electrons. The predicted octanol–water partition coefficient (Wildman–Crippen LogP) is 3.08. The Balaban J connectivity index is 2.07. The van der Waals surface area contributed by atoms with Crippen molar-refractivity contribution in [1.29, 1.82) is 0 Å². The molecule has 2 N–H and O–H groups in total. The Labute approximate surface area is 121 Å². The lowest BCUT2D eigenvalue weighted by molar-refractivity contribution is -0.385. The van der Waals surface area contributed by atoms with Gasteiger partial charge in [-0.25, -0.2) is 8.78 Å². The molecule has 0 spiro atoms. The molecule has 1 aromatic carbocycles. The fourth-order valence-electron chi connectivity index (χ4n) is 2.86. The molecule has 1 aliphatic carbocycles. The average molecular weight is 300 g/mol. The van der Waals surface area contributed by atoms with Crippen LogP contribution in [-0.2, 0) is 0 Å². The maximum Gasteiger partial charge on any atom is 0.275 e. The highest BCUT2D eigenvalue weighted by Crippen LogP contribution is 2.31. The second-order valence-corrected chi connectivity index (χ2v) is 5.41. The first-order valence-corrected chi connectivity index (χ1v) is 7.01. The van der Waals surface area contributed by atoms with Crippen LogP contribution in [0.4, 0.5) is 20.2 Å². The molecule has 0 aliphatic heterocycles. The number of aliphatic hydroxyl groups excluding tert-OH is 1. The number of hydrogen-bond donors (Lipinski definition) is 2. The SMILES string of the molecule is O=[N+]([O-])c1cc(F)c(NCC2CCCCC2CO)c(F)c1. The molecule has 7 heteroatoms. The van der Waals surface area contributed by atoms with E-state index in [1.165, 1.54) is 0 Å². The van der Waals surface area contributed by atoms with Gasteiger partial charge in [-0.2, -0.15) is 0 Å². The molecule has 2 unspecified atom stereocenters. The normalized spacial score (nSPS) is 22.0. The second-order valence-electron chi connectivity index (χ2n) is 5.41. The quantitative estimate of drug-likeness (QED) is 0.647. The zero-order valence-electron chi connectivity index (χ0n) is 11.5. The minimum absolute atomic E-state index is 0.0670. The van der Waals surface area contributed by atoms with Crippen molar-refractivity contribution in [3.63, 3.8) is 0 Å². The summed E-state index contributed by atoms with van der Waals surface area (Å²) in [5.74, 6) is -1.66. The van der Waals surface area contributed by atoms with Gasteiger partial charge in [0.15, 0.2) is 11.6 Å². The van der Waals surface area contributed by atoms with Gasteiger partial charge in [0.1, 0.15) is 5.69 Å². The largest absolute Gasteiger partial charge is 0.396 e. The van der Waals surface area contributed by atoms with E-state index in [9.17, 15) is 24.0 Å². The minimum atomic E-state index is -0.974. The van der Waals surface area contributed by atoms with Gasteiger partial charge in [0, 0.05) is 13.2 Å². The lowest BCUT2D eigenvalue weighted by atomic mass is 9.79. The number of nitrogens with one attached hydrogen (secondary N) is 1. The van der Waals surface area contributed by atoms with E-state index in [0.717, 1.165) is 25.7 Å². The van der Waals surface area contributed by atoms with Crippen molar-refractivity contribution in [1.82, 2.24) is 0 Å². The molecule has 5 nitrogen and oxygen atoms in total. The number of nitrogens with zero attached hydrogens (tertiary/aromatic N) is 1. The smallest absolute Gasteiger partial charge is 0.275 e. The Hall–Kier alpha value is -1.76. The molecule has 1 fully saturated rings. The number of nitro groups is 1. The van der Waals surface area contributed by atoms with Crippen LogP contribution in [0.15, 0.2) is 12.1 Å². The molecule has 0 saturated heterocycles. The molecular formula is C14H18F2N2O3. The summed E-state index contributed by atoms with van der Waals surface area (Å²) in [5.41, 5.74) is -0.954. The van der Waals surface area contributed by atoms with E-state index in [4.69, 9.17) is 0 Å². The van der Waals surface area contributed by atoms with Crippen LogP contribution in [0.2, 0.25) is 0 Å². The summed E-state index contributed by atoms with van der Waals surface area (Å²) in [7, 11) is 0. The molecule has 0 radical (unpaired) electrons. The summed E-state index contributed by atoms with van der Waals surface area (Å²) in [6.45, 7) is 0.411. The third-order valence-corrected chi connectivity index (χ3v) is 4.08. The molecule has 2 rings (SSSR count). The van der Waals surface area contributed by atoms with E-state index in [1.54, 1.807) is 0 Å². The fourth-order valence-corrected chi connectivity index (χ4v) is 2.86. The van der Waals surface area contributed by atoms with Crippen LogP contribution in [0, 0.1) is 33.6 Å². The lowest BCUT2D eigenvalue weighted by Gasteiger charge is -2.30. The summed E-state index contributed by atoms with van der Waals surface area (Å²) < 4.78 is 27.5. The highest BCUT2D eigenvalue weighted by molar-refractivity contribution is 5.51. The van der Waals surface area contributed by atoms with Crippen LogP contribution in [0.25, 0.3) is 0 Å². The van der Waals surface area contributed by atoms with Crippen LogP contribution in [0.1, 0.15) is 25.7 Å². The third-order valence-electron chi connectivity index (χ3n) is 4.08. The molecular weight excluding hydrogens is 282 g/mol. The van der Waals surface area contributed by atoms with E-state index in [1.807, 2.05) is 0 Å². The van der Waals surface area contributed by atoms with Crippen molar-refractivity contribution in [3.8, 4) is 0 Å². The van der Waals surface area contributed by atoms with Gasteiger partial charge >= 0.3 is 0 Å². The fraction of sp³-hybridized carbons (Fsp3) is 0.571. The zero-order chi connectivity index (χ0) is 15.4. The number of anilines is 1.